The standard InChI is InChI=1S/C23H30N2O/c1-4-5-6-7-10-15-25-16-24-20-17-11-8-9-12-18(17)22-19(21(20)25)13-14-23(2,3)26-22/h8-9,11-12,16H,4-7,10,13-15H2,1-3H3. The summed E-state index contributed by atoms with van der Waals surface area (Å²) in [6.07, 6.45) is 10.6. The van der Waals surface area contributed by atoms with Crippen LogP contribution in [0, 0.1) is 0 Å². The van der Waals surface area contributed by atoms with Crippen molar-refractivity contribution < 1.29 is 4.74 Å². The number of hydrogen-bond acceptors (Lipinski definition) is 2. The Bertz CT molecular complexity index is 923. The van der Waals surface area contributed by atoms with Crippen molar-refractivity contribution in [3.8, 4) is 5.75 Å². The molecule has 0 N–H and O–H groups in total. The Kier molecular flexibility index (Phi) is 4.64. The zero-order chi connectivity index (χ0) is 18.1. The van der Waals surface area contributed by atoms with Crippen molar-refractivity contribution >= 4 is 21.8 Å². The molecule has 0 spiro atoms. The third-order valence-electron chi connectivity index (χ3n) is 5.68. The number of imidazole rings is 1. The molecule has 1 aliphatic rings. The lowest BCUT2D eigenvalue weighted by Crippen LogP contribution is -2.33. The first kappa shape index (κ1) is 17.4. The van der Waals surface area contributed by atoms with Gasteiger partial charge in [-0.25, -0.2) is 4.98 Å². The first-order valence-electron chi connectivity index (χ1n) is 10.2. The van der Waals surface area contributed by atoms with Crippen molar-refractivity contribution in [1.29, 1.82) is 0 Å². The van der Waals surface area contributed by atoms with Gasteiger partial charge in [-0.2, -0.15) is 0 Å². The topological polar surface area (TPSA) is 27.1 Å². The number of ether oxygens (including phenoxy) is 1. The second-order valence-electron chi connectivity index (χ2n) is 8.26. The molecule has 3 aromatic rings. The van der Waals surface area contributed by atoms with Crippen LogP contribution in [-0.2, 0) is 13.0 Å². The molecule has 0 radical (unpaired) electrons. The SMILES string of the molecule is CCCCCCCn1cnc2c3ccccc3c3c(c21)CCC(C)(C)O3. The Morgan fingerprint density at radius 3 is 2.65 bits per heavy atom. The maximum Gasteiger partial charge on any atom is 0.133 e. The molecule has 3 nitrogen and oxygen atoms in total. The average Bonchev–Trinajstić information content (AvgIpc) is 3.05. The van der Waals surface area contributed by atoms with Gasteiger partial charge in [0.1, 0.15) is 11.4 Å². The number of aromatic nitrogens is 2. The molecule has 0 fully saturated rings. The highest BCUT2D eigenvalue weighted by molar-refractivity contribution is 6.09. The van der Waals surface area contributed by atoms with Gasteiger partial charge in [-0.05, 0) is 33.1 Å². The maximum atomic E-state index is 6.48. The van der Waals surface area contributed by atoms with Gasteiger partial charge in [-0.3, -0.25) is 0 Å². The van der Waals surface area contributed by atoms with Gasteiger partial charge < -0.3 is 9.30 Å². The Balaban J connectivity index is 1.78. The fourth-order valence-electron chi connectivity index (χ4n) is 4.21. The second-order valence-corrected chi connectivity index (χ2v) is 8.26. The molecule has 0 saturated carbocycles. The summed E-state index contributed by atoms with van der Waals surface area (Å²) in [5.74, 6) is 1.08. The van der Waals surface area contributed by atoms with E-state index in [2.05, 4.69) is 49.6 Å². The van der Waals surface area contributed by atoms with Gasteiger partial charge >= 0.3 is 0 Å². The van der Waals surface area contributed by atoms with Crippen molar-refractivity contribution in [2.75, 3.05) is 0 Å². The number of hydrogen-bond donors (Lipinski definition) is 0. The van der Waals surface area contributed by atoms with Crippen molar-refractivity contribution in [1.82, 2.24) is 9.55 Å². The minimum Gasteiger partial charge on any atom is -0.487 e. The molecular weight excluding hydrogens is 320 g/mol. The van der Waals surface area contributed by atoms with Gasteiger partial charge in [-0.1, -0.05) is 56.9 Å². The van der Waals surface area contributed by atoms with Crippen LogP contribution in [0.5, 0.6) is 5.75 Å². The first-order chi connectivity index (χ1) is 12.6. The predicted octanol–water partition coefficient (Wildman–Crippen LogP) is 6.26. The summed E-state index contributed by atoms with van der Waals surface area (Å²) in [4.78, 5) is 4.81. The van der Waals surface area contributed by atoms with Crippen LogP contribution >= 0.6 is 0 Å². The highest BCUT2D eigenvalue weighted by Gasteiger charge is 2.31. The van der Waals surface area contributed by atoms with E-state index in [9.17, 15) is 0 Å². The van der Waals surface area contributed by atoms with E-state index >= 15 is 0 Å². The molecule has 4 rings (SSSR count). The first-order valence-corrected chi connectivity index (χ1v) is 10.2. The number of nitrogens with zero attached hydrogens (tertiary/aromatic N) is 2. The zero-order valence-corrected chi connectivity index (χ0v) is 16.3. The quantitative estimate of drug-likeness (QED) is 0.490. The minimum absolute atomic E-state index is 0.103. The zero-order valence-electron chi connectivity index (χ0n) is 16.3. The Morgan fingerprint density at radius 2 is 1.85 bits per heavy atom. The van der Waals surface area contributed by atoms with Crippen LogP contribution in [0.2, 0.25) is 0 Å². The van der Waals surface area contributed by atoms with Gasteiger partial charge in [0.2, 0.25) is 0 Å². The smallest absolute Gasteiger partial charge is 0.133 e. The van der Waals surface area contributed by atoms with Gasteiger partial charge in [-0.15, -0.1) is 0 Å². The van der Waals surface area contributed by atoms with Crippen molar-refractivity contribution in [3.63, 3.8) is 0 Å². The van der Waals surface area contributed by atoms with Crippen LogP contribution in [0.25, 0.3) is 21.8 Å². The van der Waals surface area contributed by atoms with E-state index < -0.39 is 0 Å². The van der Waals surface area contributed by atoms with Crippen LogP contribution in [0.3, 0.4) is 0 Å². The van der Waals surface area contributed by atoms with Gasteiger partial charge in [0, 0.05) is 22.9 Å². The van der Waals surface area contributed by atoms with Crippen molar-refractivity contribution in [2.45, 2.75) is 77.9 Å². The van der Waals surface area contributed by atoms with Crippen molar-refractivity contribution in [3.05, 3.63) is 36.2 Å². The van der Waals surface area contributed by atoms with Crippen molar-refractivity contribution in [2.24, 2.45) is 0 Å². The Hall–Kier alpha value is -2.03. The highest BCUT2D eigenvalue weighted by atomic mass is 16.5. The molecule has 1 aromatic heterocycles. The summed E-state index contributed by atoms with van der Waals surface area (Å²) in [5, 5.41) is 2.42. The number of benzene rings is 2. The second kappa shape index (κ2) is 6.94. The lowest BCUT2D eigenvalue weighted by atomic mass is 9.91. The van der Waals surface area contributed by atoms with Crippen LogP contribution in [0.1, 0.15) is 64.9 Å². The molecule has 0 saturated heterocycles. The van der Waals surface area contributed by atoms with E-state index in [1.807, 2.05) is 6.33 Å². The summed E-state index contributed by atoms with van der Waals surface area (Å²) in [6.45, 7) is 7.70. The molecule has 0 atom stereocenters. The van der Waals surface area contributed by atoms with E-state index in [1.165, 1.54) is 54.0 Å². The van der Waals surface area contributed by atoms with Crippen LogP contribution < -0.4 is 4.74 Å². The molecule has 0 unspecified atom stereocenters. The van der Waals surface area contributed by atoms with E-state index in [-0.39, 0.29) is 5.60 Å². The Morgan fingerprint density at radius 1 is 1.08 bits per heavy atom. The van der Waals surface area contributed by atoms with E-state index in [1.54, 1.807) is 0 Å². The molecule has 26 heavy (non-hydrogen) atoms. The number of aryl methyl sites for hydroxylation is 2. The number of fused-ring (bicyclic) bond motifs is 6. The molecule has 138 valence electrons. The van der Waals surface area contributed by atoms with Gasteiger partial charge in [0.05, 0.1) is 17.4 Å². The van der Waals surface area contributed by atoms with Gasteiger partial charge in [0.25, 0.3) is 0 Å². The lowest BCUT2D eigenvalue weighted by Gasteiger charge is -2.34. The van der Waals surface area contributed by atoms with Crippen LogP contribution in [0.4, 0.5) is 0 Å². The molecule has 2 aromatic carbocycles. The molecule has 2 heterocycles. The summed E-state index contributed by atoms with van der Waals surface area (Å²) >= 11 is 0. The largest absolute Gasteiger partial charge is 0.487 e. The maximum absolute atomic E-state index is 6.48. The van der Waals surface area contributed by atoms with E-state index in [4.69, 9.17) is 9.72 Å². The molecule has 0 amide bonds. The van der Waals surface area contributed by atoms with E-state index in [0.717, 1.165) is 30.7 Å². The summed E-state index contributed by atoms with van der Waals surface area (Å²) < 4.78 is 8.85. The number of rotatable bonds is 6. The summed E-state index contributed by atoms with van der Waals surface area (Å²) in [6, 6.07) is 8.57. The summed E-state index contributed by atoms with van der Waals surface area (Å²) in [7, 11) is 0. The van der Waals surface area contributed by atoms with Crippen LogP contribution in [-0.4, -0.2) is 15.2 Å². The monoisotopic (exact) mass is 350 g/mol. The fraction of sp³-hybridized carbons (Fsp3) is 0.522. The third kappa shape index (κ3) is 3.08. The summed E-state index contributed by atoms with van der Waals surface area (Å²) in [5.41, 5.74) is 3.68. The Labute approximate surface area is 156 Å². The lowest BCUT2D eigenvalue weighted by molar-refractivity contribution is 0.0873. The van der Waals surface area contributed by atoms with Gasteiger partial charge in [0.15, 0.2) is 0 Å². The van der Waals surface area contributed by atoms with Crippen LogP contribution in [0.15, 0.2) is 30.6 Å². The molecule has 1 aliphatic heterocycles. The normalized spacial score (nSPS) is 16.0. The third-order valence-corrected chi connectivity index (χ3v) is 5.68. The fourth-order valence-corrected chi connectivity index (χ4v) is 4.21. The molecule has 3 heteroatoms. The molecule has 0 aliphatic carbocycles. The number of unbranched alkanes of at least 4 members (excludes halogenated alkanes) is 4. The van der Waals surface area contributed by atoms with E-state index in [0.29, 0.717) is 0 Å². The average molecular weight is 351 g/mol. The predicted molar refractivity (Wildman–Crippen MR) is 109 cm³/mol. The molecule has 0 bridgehead atoms. The highest BCUT2D eigenvalue weighted by Crippen LogP contribution is 2.43. The molecular formula is C23H30N2O. The minimum atomic E-state index is -0.103.